The van der Waals surface area contributed by atoms with Crippen molar-refractivity contribution in [3.8, 4) is 5.75 Å². The van der Waals surface area contributed by atoms with E-state index >= 15 is 0 Å². The molecule has 0 atom stereocenters. The number of carbonyl (C=O) groups excluding carboxylic acids is 1. The number of nitrogens with two attached hydrogens (primary N) is 2. The summed E-state index contributed by atoms with van der Waals surface area (Å²) < 4.78 is 6.95. The van der Waals surface area contributed by atoms with Gasteiger partial charge in [0, 0.05) is 19.3 Å². The van der Waals surface area contributed by atoms with Crippen LogP contribution in [0, 0.1) is 0 Å². The Morgan fingerprint density at radius 2 is 1.95 bits per heavy atom. The number of carboxylic acid groups (broad SMARTS) is 1. The van der Waals surface area contributed by atoms with E-state index < -0.39 is 28.6 Å². The highest BCUT2D eigenvalue weighted by atomic mass is 16.5. The standard InChI is InChI=1S/C25H31N7O6/c1-25(2,37)12-32-20(26)18(21(27)34)19(33)15-11-28-23(30-22(15)32)29-16-5-4-14(10-17(16)38-3)13-6-8-31(9-7-13)24(35)36/h4-5,10-11,13,37H,6-9,12,26H2,1-3H3,(H2,27,34)(H,35,36)(H,28,29,30). The van der Waals surface area contributed by atoms with Crippen LogP contribution in [0.4, 0.5) is 22.2 Å². The highest BCUT2D eigenvalue weighted by Gasteiger charge is 2.26. The van der Waals surface area contributed by atoms with Crippen LogP contribution in [0.1, 0.15) is 48.5 Å². The number of rotatable bonds is 7. The van der Waals surface area contributed by atoms with E-state index in [1.165, 1.54) is 22.8 Å². The maximum absolute atomic E-state index is 12.9. The summed E-state index contributed by atoms with van der Waals surface area (Å²) in [5, 5.41) is 22.7. The third-order valence-electron chi connectivity index (χ3n) is 6.54. The predicted octanol–water partition coefficient (Wildman–Crippen LogP) is 1.85. The van der Waals surface area contributed by atoms with Crippen molar-refractivity contribution in [1.82, 2.24) is 19.4 Å². The molecule has 38 heavy (non-hydrogen) atoms. The quantitative estimate of drug-likeness (QED) is 0.303. The first-order chi connectivity index (χ1) is 17.9. The Morgan fingerprint density at radius 1 is 1.26 bits per heavy atom. The summed E-state index contributed by atoms with van der Waals surface area (Å²) in [7, 11) is 1.53. The molecule has 3 heterocycles. The number of benzene rings is 1. The average Bonchev–Trinajstić information content (AvgIpc) is 2.86. The number of piperidine rings is 1. The van der Waals surface area contributed by atoms with E-state index in [4.69, 9.17) is 16.2 Å². The highest BCUT2D eigenvalue weighted by Crippen LogP contribution is 2.35. The number of aromatic nitrogens is 3. The van der Waals surface area contributed by atoms with Crippen LogP contribution in [0.15, 0.2) is 29.2 Å². The monoisotopic (exact) mass is 525 g/mol. The van der Waals surface area contributed by atoms with Crippen LogP contribution < -0.4 is 26.9 Å². The first kappa shape index (κ1) is 26.7. The number of methoxy groups -OCH3 is 1. The maximum Gasteiger partial charge on any atom is 0.407 e. The van der Waals surface area contributed by atoms with Gasteiger partial charge in [0.1, 0.15) is 17.1 Å². The molecule has 0 aliphatic carbocycles. The second-order valence-corrected chi connectivity index (χ2v) is 9.91. The number of nitrogens with zero attached hydrogens (tertiary/aromatic N) is 4. The molecule has 1 saturated heterocycles. The van der Waals surface area contributed by atoms with E-state index in [0.717, 1.165) is 5.56 Å². The first-order valence-electron chi connectivity index (χ1n) is 12.0. The van der Waals surface area contributed by atoms with Gasteiger partial charge in [0.05, 0.1) is 30.3 Å². The fraction of sp³-hybridized carbons (Fsp3) is 0.400. The number of carbonyl (C=O) groups is 2. The third kappa shape index (κ3) is 5.32. The molecule has 1 aliphatic rings. The molecule has 202 valence electrons. The van der Waals surface area contributed by atoms with E-state index in [1.54, 1.807) is 13.8 Å². The van der Waals surface area contributed by atoms with Gasteiger partial charge in [0.15, 0.2) is 5.65 Å². The SMILES string of the molecule is COc1cc(C2CCN(C(=O)O)CC2)ccc1Nc1ncc2c(=O)c(C(N)=O)c(N)n(CC(C)(C)O)c2n1. The molecule has 4 rings (SSSR count). The fourth-order valence-electron chi connectivity index (χ4n) is 4.67. The summed E-state index contributed by atoms with van der Waals surface area (Å²) in [6, 6.07) is 5.65. The van der Waals surface area contributed by atoms with Crippen molar-refractivity contribution in [3.63, 3.8) is 0 Å². The number of likely N-dealkylation sites (tertiary alicyclic amines) is 1. The lowest BCUT2D eigenvalue weighted by atomic mass is 9.89. The number of anilines is 3. The number of primary amides is 1. The van der Waals surface area contributed by atoms with Crippen molar-refractivity contribution in [1.29, 1.82) is 0 Å². The van der Waals surface area contributed by atoms with Crippen LogP contribution >= 0.6 is 0 Å². The summed E-state index contributed by atoms with van der Waals surface area (Å²) in [5.41, 5.74) is 10.9. The zero-order valence-electron chi connectivity index (χ0n) is 21.4. The summed E-state index contributed by atoms with van der Waals surface area (Å²) in [4.78, 5) is 46.2. The van der Waals surface area contributed by atoms with Gasteiger partial charge in [-0.05, 0) is 50.3 Å². The molecule has 1 aliphatic heterocycles. The van der Waals surface area contributed by atoms with Crippen molar-refractivity contribution < 1.29 is 24.5 Å². The van der Waals surface area contributed by atoms with Gasteiger partial charge in [-0.1, -0.05) is 6.07 Å². The van der Waals surface area contributed by atoms with Crippen molar-refractivity contribution in [2.75, 3.05) is 31.2 Å². The van der Waals surface area contributed by atoms with E-state index in [-0.39, 0.29) is 35.3 Å². The molecule has 2 aromatic heterocycles. The molecule has 1 aromatic carbocycles. The van der Waals surface area contributed by atoms with Crippen LogP contribution in [-0.4, -0.2) is 67.4 Å². The molecular formula is C25H31N7O6. The second kappa shape index (κ2) is 10.2. The van der Waals surface area contributed by atoms with Gasteiger partial charge in [-0.15, -0.1) is 0 Å². The number of aliphatic hydroxyl groups is 1. The number of hydrogen-bond acceptors (Lipinski definition) is 9. The zero-order valence-corrected chi connectivity index (χ0v) is 21.4. The Morgan fingerprint density at radius 3 is 2.53 bits per heavy atom. The van der Waals surface area contributed by atoms with E-state index in [2.05, 4.69) is 15.3 Å². The molecule has 13 heteroatoms. The van der Waals surface area contributed by atoms with E-state index in [0.29, 0.717) is 37.4 Å². The molecule has 0 saturated carbocycles. The van der Waals surface area contributed by atoms with E-state index in [1.807, 2.05) is 18.2 Å². The molecule has 0 radical (unpaired) electrons. The number of hydrogen-bond donors (Lipinski definition) is 5. The maximum atomic E-state index is 12.9. The molecule has 0 bridgehead atoms. The van der Waals surface area contributed by atoms with Gasteiger partial charge in [-0.2, -0.15) is 4.98 Å². The molecule has 0 spiro atoms. The average molecular weight is 526 g/mol. The van der Waals surface area contributed by atoms with E-state index in [9.17, 15) is 24.6 Å². The highest BCUT2D eigenvalue weighted by molar-refractivity contribution is 6.00. The van der Waals surface area contributed by atoms with Gasteiger partial charge in [0.25, 0.3) is 5.91 Å². The lowest BCUT2D eigenvalue weighted by Crippen LogP contribution is -2.36. The Kier molecular flexibility index (Phi) is 7.14. The summed E-state index contributed by atoms with van der Waals surface area (Å²) in [5.74, 6) is -0.320. The molecule has 3 aromatic rings. The van der Waals surface area contributed by atoms with Gasteiger partial charge < -0.3 is 41.2 Å². The lowest BCUT2D eigenvalue weighted by molar-refractivity contribution is 0.0629. The van der Waals surface area contributed by atoms with Gasteiger partial charge in [0.2, 0.25) is 11.4 Å². The van der Waals surface area contributed by atoms with Crippen molar-refractivity contribution in [2.45, 2.75) is 44.8 Å². The summed E-state index contributed by atoms with van der Waals surface area (Å²) >= 11 is 0. The number of pyridine rings is 1. The number of nitrogens with one attached hydrogen (secondary N) is 1. The predicted molar refractivity (Wildman–Crippen MR) is 141 cm³/mol. The lowest BCUT2D eigenvalue weighted by Gasteiger charge is -2.30. The first-order valence-corrected chi connectivity index (χ1v) is 12.0. The molecule has 1 fully saturated rings. The fourth-order valence-corrected chi connectivity index (χ4v) is 4.67. The van der Waals surface area contributed by atoms with Crippen molar-refractivity contribution >= 4 is 40.5 Å². The van der Waals surface area contributed by atoms with Gasteiger partial charge >= 0.3 is 6.09 Å². The Balaban J connectivity index is 1.69. The zero-order chi connectivity index (χ0) is 27.8. The molecule has 7 N–H and O–H groups in total. The molecule has 13 nitrogen and oxygen atoms in total. The minimum Gasteiger partial charge on any atom is -0.495 e. The Labute approximate surface area is 218 Å². The van der Waals surface area contributed by atoms with Crippen molar-refractivity contribution in [2.24, 2.45) is 5.73 Å². The van der Waals surface area contributed by atoms with Crippen molar-refractivity contribution in [3.05, 3.63) is 45.7 Å². The molecule has 2 amide bonds. The number of amides is 2. The van der Waals surface area contributed by atoms with Gasteiger partial charge in [-0.3, -0.25) is 9.59 Å². The molecular weight excluding hydrogens is 494 g/mol. The largest absolute Gasteiger partial charge is 0.495 e. The number of nitrogen functional groups attached to an aromatic ring is 1. The Bertz CT molecular complexity index is 1460. The number of fused-ring (bicyclic) bond motifs is 1. The summed E-state index contributed by atoms with van der Waals surface area (Å²) in [6.07, 6.45) is 1.79. The third-order valence-corrected chi connectivity index (χ3v) is 6.54. The van der Waals surface area contributed by atoms with Crippen LogP contribution in [0.5, 0.6) is 5.75 Å². The van der Waals surface area contributed by atoms with Crippen LogP contribution in [0.25, 0.3) is 11.0 Å². The van der Waals surface area contributed by atoms with Crippen LogP contribution in [0.2, 0.25) is 0 Å². The normalized spacial score (nSPS) is 14.5. The van der Waals surface area contributed by atoms with Crippen LogP contribution in [-0.2, 0) is 6.54 Å². The number of ether oxygens (including phenoxy) is 1. The smallest absolute Gasteiger partial charge is 0.407 e. The van der Waals surface area contributed by atoms with Crippen LogP contribution in [0.3, 0.4) is 0 Å². The minimum absolute atomic E-state index is 0.0258. The second-order valence-electron chi connectivity index (χ2n) is 9.91. The summed E-state index contributed by atoms with van der Waals surface area (Å²) in [6.45, 7) is 3.99. The molecule has 0 unspecified atom stereocenters. The minimum atomic E-state index is -1.25. The van der Waals surface area contributed by atoms with Gasteiger partial charge in [-0.25, -0.2) is 9.78 Å². The Hall–Kier alpha value is -4.39. The topological polar surface area (TPSA) is 199 Å².